The standard InChI is InChI=1S/C23H20N4O5/c1-16-4-2-6-19(12-16)25-22(28)15-32-21-10-8-17(9-11-21)14-24-26-23(29)18-5-3-7-20(13-18)27(30)31/h2-14H,15H2,1H3,(H,25,28)(H,26,29)/b24-14-. The number of ether oxygens (including phenoxy) is 1. The van der Waals surface area contributed by atoms with Gasteiger partial charge in [-0.1, -0.05) is 18.2 Å². The normalized spacial score (nSPS) is 10.5. The van der Waals surface area contributed by atoms with Crippen LogP contribution in [-0.2, 0) is 4.79 Å². The van der Waals surface area contributed by atoms with E-state index in [0.29, 0.717) is 17.0 Å². The Balaban J connectivity index is 1.48. The quantitative estimate of drug-likeness (QED) is 0.319. The fourth-order valence-corrected chi connectivity index (χ4v) is 2.71. The maximum atomic E-state index is 12.1. The SMILES string of the molecule is Cc1cccc(NC(=O)COc2ccc(/C=N\NC(=O)c3cccc([N+](=O)[O-])c3)cc2)c1. The molecular formula is C23H20N4O5. The van der Waals surface area contributed by atoms with Gasteiger partial charge in [0.05, 0.1) is 11.1 Å². The molecule has 0 aliphatic rings. The molecule has 9 heteroatoms. The molecular weight excluding hydrogens is 412 g/mol. The Morgan fingerprint density at radius 2 is 1.81 bits per heavy atom. The van der Waals surface area contributed by atoms with E-state index in [1.165, 1.54) is 30.5 Å². The molecule has 3 aromatic rings. The highest BCUT2D eigenvalue weighted by Crippen LogP contribution is 2.14. The predicted molar refractivity (Wildman–Crippen MR) is 120 cm³/mol. The molecule has 0 atom stereocenters. The molecule has 9 nitrogen and oxygen atoms in total. The Morgan fingerprint density at radius 1 is 1.06 bits per heavy atom. The van der Waals surface area contributed by atoms with Crippen molar-refractivity contribution in [2.24, 2.45) is 5.10 Å². The van der Waals surface area contributed by atoms with Crippen LogP contribution in [-0.4, -0.2) is 29.6 Å². The average molecular weight is 432 g/mol. The van der Waals surface area contributed by atoms with Crippen LogP contribution in [0.3, 0.4) is 0 Å². The van der Waals surface area contributed by atoms with E-state index in [0.717, 1.165) is 5.56 Å². The minimum absolute atomic E-state index is 0.129. The van der Waals surface area contributed by atoms with Gasteiger partial charge in [-0.3, -0.25) is 19.7 Å². The molecule has 2 N–H and O–H groups in total. The van der Waals surface area contributed by atoms with Crippen molar-refractivity contribution in [2.45, 2.75) is 6.92 Å². The summed E-state index contributed by atoms with van der Waals surface area (Å²) in [6.45, 7) is 1.80. The van der Waals surface area contributed by atoms with Crippen molar-refractivity contribution < 1.29 is 19.2 Å². The summed E-state index contributed by atoms with van der Waals surface area (Å²) in [4.78, 5) is 34.3. The van der Waals surface area contributed by atoms with E-state index in [1.807, 2.05) is 25.1 Å². The number of benzene rings is 3. The lowest BCUT2D eigenvalue weighted by atomic mass is 10.2. The van der Waals surface area contributed by atoms with E-state index in [9.17, 15) is 19.7 Å². The first-order valence-electron chi connectivity index (χ1n) is 9.58. The molecule has 0 unspecified atom stereocenters. The minimum Gasteiger partial charge on any atom is -0.484 e. The van der Waals surface area contributed by atoms with Crippen molar-refractivity contribution in [2.75, 3.05) is 11.9 Å². The number of carbonyl (C=O) groups is 2. The fraction of sp³-hybridized carbons (Fsp3) is 0.0870. The number of nitrogens with one attached hydrogen (secondary N) is 2. The molecule has 0 heterocycles. The van der Waals surface area contributed by atoms with Crippen LogP contribution < -0.4 is 15.5 Å². The highest BCUT2D eigenvalue weighted by molar-refractivity contribution is 5.95. The third-order valence-electron chi connectivity index (χ3n) is 4.25. The van der Waals surface area contributed by atoms with Crippen LogP contribution in [0.2, 0.25) is 0 Å². The molecule has 3 aromatic carbocycles. The average Bonchev–Trinajstić information content (AvgIpc) is 2.78. The first kappa shape index (κ1) is 22.2. The van der Waals surface area contributed by atoms with Crippen LogP contribution in [0.1, 0.15) is 21.5 Å². The van der Waals surface area contributed by atoms with E-state index in [1.54, 1.807) is 30.3 Å². The fourth-order valence-electron chi connectivity index (χ4n) is 2.71. The lowest BCUT2D eigenvalue weighted by Gasteiger charge is -2.08. The van der Waals surface area contributed by atoms with Gasteiger partial charge in [0.25, 0.3) is 17.5 Å². The monoisotopic (exact) mass is 432 g/mol. The second kappa shape index (κ2) is 10.5. The first-order chi connectivity index (χ1) is 15.4. The van der Waals surface area contributed by atoms with Crippen LogP contribution >= 0.6 is 0 Å². The largest absolute Gasteiger partial charge is 0.484 e. The molecule has 0 radical (unpaired) electrons. The summed E-state index contributed by atoms with van der Waals surface area (Å²) in [5, 5.41) is 17.4. The number of carbonyl (C=O) groups excluding carboxylic acids is 2. The molecule has 0 aliphatic heterocycles. The lowest BCUT2D eigenvalue weighted by molar-refractivity contribution is -0.384. The van der Waals surface area contributed by atoms with Gasteiger partial charge in [0.1, 0.15) is 5.75 Å². The number of rotatable bonds is 8. The molecule has 3 rings (SSSR count). The number of nitro groups is 1. The van der Waals surface area contributed by atoms with Crippen LogP contribution in [0.5, 0.6) is 5.75 Å². The number of non-ortho nitro benzene ring substituents is 1. The summed E-state index contributed by atoms with van der Waals surface area (Å²) >= 11 is 0. The molecule has 32 heavy (non-hydrogen) atoms. The number of anilines is 1. The Kier molecular flexibility index (Phi) is 7.26. The molecule has 0 aliphatic carbocycles. The number of aryl methyl sites for hydroxylation is 1. The third-order valence-corrected chi connectivity index (χ3v) is 4.25. The Bertz CT molecular complexity index is 1160. The topological polar surface area (TPSA) is 123 Å². The summed E-state index contributed by atoms with van der Waals surface area (Å²) in [7, 11) is 0. The van der Waals surface area contributed by atoms with E-state index in [-0.39, 0.29) is 23.8 Å². The zero-order valence-corrected chi connectivity index (χ0v) is 17.1. The van der Waals surface area contributed by atoms with Crippen molar-refractivity contribution in [3.05, 3.63) is 99.6 Å². The number of hydrogen-bond acceptors (Lipinski definition) is 6. The molecule has 0 saturated carbocycles. The third kappa shape index (κ3) is 6.49. The summed E-state index contributed by atoms with van der Waals surface area (Å²) in [5.74, 6) is -0.336. The first-order valence-corrected chi connectivity index (χ1v) is 9.58. The molecule has 0 bridgehead atoms. The summed E-state index contributed by atoms with van der Waals surface area (Å²) in [6.07, 6.45) is 1.42. The summed E-state index contributed by atoms with van der Waals surface area (Å²) in [5.41, 5.74) is 4.70. The Hall–Kier alpha value is -4.53. The molecule has 162 valence electrons. The van der Waals surface area contributed by atoms with Crippen molar-refractivity contribution >= 4 is 29.4 Å². The van der Waals surface area contributed by atoms with Crippen LogP contribution in [0.4, 0.5) is 11.4 Å². The lowest BCUT2D eigenvalue weighted by Crippen LogP contribution is -2.20. The molecule has 0 fully saturated rings. The van der Waals surface area contributed by atoms with Gasteiger partial charge in [0, 0.05) is 23.4 Å². The molecule has 0 spiro atoms. The van der Waals surface area contributed by atoms with E-state index in [4.69, 9.17) is 4.74 Å². The zero-order chi connectivity index (χ0) is 22.9. The number of nitro benzene ring substituents is 1. The van der Waals surface area contributed by atoms with Crippen molar-refractivity contribution in [1.82, 2.24) is 5.43 Å². The van der Waals surface area contributed by atoms with Crippen molar-refractivity contribution in [1.29, 1.82) is 0 Å². The minimum atomic E-state index is -0.574. The van der Waals surface area contributed by atoms with Crippen LogP contribution in [0.15, 0.2) is 77.9 Å². The second-order valence-corrected chi connectivity index (χ2v) is 6.78. The van der Waals surface area contributed by atoms with Gasteiger partial charge in [-0.15, -0.1) is 0 Å². The molecule has 0 saturated heterocycles. The van der Waals surface area contributed by atoms with Crippen molar-refractivity contribution in [3.63, 3.8) is 0 Å². The van der Waals surface area contributed by atoms with Gasteiger partial charge in [0.2, 0.25) is 0 Å². The van der Waals surface area contributed by atoms with Gasteiger partial charge in [-0.05, 0) is 60.5 Å². The Labute approximate surface area is 183 Å². The van der Waals surface area contributed by atoms with Gasteiger partial charge < -0.3 is 10.1 Å². The number of amides is 2. The number of hydrazone groups is 1. The van der Waals surface area contributed by atoms with E-state index < -0.39 is 10.8 Å². The molecule has 2 amide bonds. The molecule has 0 aromatic heterocycles. The Morgan fingerprint density at radius 3 is 2.53 bits per heavy atom. The maximum absolute atomic E-state index is 12.1. The maximum Gasteiger partial charge on any atom is 0.271 e. The smallest absolute Gasteiger partial charge is 0.271 e. The van der Waals surface area contributed by atoms with Gasteiger partial charge in [-0.2, -0.15) is 5.10 Å². The highest BCUT2D eigenvalue weighted by Gasteiger charge is 2.10. The zero-order valence-electron chi connectivity index (χ0n) is 17.1. The second-order valence-electron chi connectivity index (χ2n) is 6.78. The van der Waals surface area contributed by atoms with Gasteiger partial charge in [0.15, 0.2) is 6.61 Å². The highest BCUT2D eigenvalue weighted by atomic mass is 16.6. The summed E-state index contributed by atoms with van der Waals surface area (Å²) < 4.78 is 5.47. The predicted octanol–water partition coefficient (Wildman–Crippen LogP) is 3.68. The number of nitrogens with zero attached hydrogens (tertiary/aromatic N) is 2. The van der Waals surface area contributed by atoms with Crippen LogP contribution in [0, 0.1) is 17.0 Å². The van der Waals surface area contributed by atoms with Gasteiger partial charge in [-0.25, -0.2) is 5.43 Å². The van der Waals surface area contributed by atoms with E-state index in [2.05, 4.69) is 15.8 Å². The summed E-state index contributed by atoms with van der Waals surface area (Å²) in [6, 6.07) is 19.6. The van der Waals surface area contributed by atoms with Crippen LogP contribution in [0.25, 0.3) is 0 Å². The van der Waals surface area contributed by atoms with Crippen molar-refractivity contribution in [3.8, 4) is 5.75 Å². The van der Waals surface area contributed by atoms with E-state index >= 15 is 0 Å². The van der Waals surface area contributed by atoms with Gasteiger partial charge >= 0.3 is 0 Å². The number of hydrogen-bond donors (Lipinski definition) is 2.